The van der Waals surface area contributed by atoms with Gasteiger partial charge in [0.2, 0.25) is 11.8 Å². The summed E-state index contributed by atoms with van der Waals surface area (Å²) in [6, 6.07) is 2.42. The summed E-state index contributed by atoms with van der Waals surface area (Å²) < 4.78 is 2.21. The molecule has 1 aromatic heterocycles. The lowest BCUT2D eigenvalue weighted by Gasteiger charge is -2.43. The van der Waals surface area contributed by atoms with Crippen molar-refractivity contribution in [3.8, 4) is 0 Å². The largest absolute Gasteiger partial charge is 0.477 e. The first kappa shape index (κ1) is 22.1. The molecule has 4 heterocycles. The molecule has 3 aliphatic heterocycles. The average molecular weight is 486 g/mol. The van der Waals surface area contributed by atoms with E-state index in [1.54, 1.807) is 4.31 Å². The maximum absolute atomic E-state index is 12.8. The zero-order chi connectivity index (χ0) is 22.4. The van der Waals surface area contributed by atoms with Crippen LogP contribution in [0.2, 0.25) is 0 Å². The average Bonchev–Trinajstić information content (AvgIpc) is 3.39. The van der Waals surface area contributed by atoms with E-state index in [2.05, 4.69) is 5.32 Å². The molecule has 10 nitrogen and oxygen atoms in total. The quantitative estimate of drug-likeness (QED) is 0.332. The molecule has 3 aliphatic rings. The van der Waals surface area contributed by atoms with E-state index < -0.39 is 41.3 Å². The number of rotatable bonds is 7. The molecule has 1 aromatic rings. The summed E-state index contributed by atoms with van der Waals surface area (Å²) in [5, 5.41) is 31.2. The number of fused-ring (bicyclic) bond motifs is 1. The van der Waals surface area contributed by atoms with Crippen molar-refractivity contribution in [2.24, 2.45) is 5.92 Å². The fourth-order valence-electron chi connectivity index (χ4n) is 3.76. The van der Waals surface area contributed by atoms with Gasteiger partial charge in [0.05, 0.1) is 27.3 Å². The van der Waals surface area contributed by atoms with Crippen LogP contribution in [0.25, 0.3) is 0 Å². The molecule has 0 aliphatic carbocycles. The van der Waals surface area contributed by atoms with Crippen LogP contribution < -0.4 is 5.32 Å². The molecule has 2 amide bonds. The molecule has 0 aromatic carbocycles. The minimum atomic E-state index is -1.23. The molecule has 0 saturated carbocycles. The summed E-state index contributed by atoms with van der Waals surface area (Å²) >= 11 is 3.32. The van der Waals surface area contributed by atoms with Crippen molar-refractivity contribution in [3.63, 3.8) is 0 Å². The molecule has 13 heteroatoms. The predicted molar refractivity (Wildman–Crippen MR) is 115 cm³/mol. The highest BCUT2D eigenvalue weighted by Gasteiger charge is 2.58. The van der Waals surface area contributed by atoms with E-state index in [0.29, 0.717) is 22.2 Å². The molecule has 0 spiro atoms. The number of aliphatic hydroxyl groups excluding tert-OH is 1. The number of carboxylic acid groups (broad SMARTS) is 2. The summed E-state index contributed by atoms with van der Waals surface area (Å²) in [5.41, 5.74) is -0.114. The van der Waals surface area contributed by atoms with Crippen molar-refractivity contribution in [2.45, 2.75) is 37.3 Å². The Morgan fingerprint density at radius 2 is 2.00 bits per heavy atom. The Balaban J connectivity index is 1.48. The van der Waals surface area contributed by atoms with Crippen molar-refractivity contribution in [1.29, 1.82) is 0 Å². The van der Waals surface area contributed by atoms with E-state index >= 15 is 0 Å². The Hall–Kier alpha value is -2.06. The number of nitrogens with one attached hydrogen (secondary N) is 1. The topological polar surface area (TPSA) is 147 Å². The first-order valence-electron chi connectivity index (χ1n) is 9.43. The molecule has 4 atom stereocenters. The Labute approximate surface area is 189 Å². The smallest absolute Gasteiger partial charge is 0.354 e. The summed E-state index contributed by atoms with van der Waals surface area (Å²) in [4.78, 5) is 49.3. The summed E-state index contributed by atoms with van der Waals surface area (Å²) in [6.07, 6.45) is 0.421. The number of thioether (sulfide) groups is 1. The molecule has 0 radical (unpaired) electrons. The van der Waals surface area contributed by atoms with Crippen LogP contribution in [0.15, 0.2) is 22.1 Å². The fourth-order valence-corrected chi connectivity index (χ4v) is 7.61. The van der Waals surface area contributed by atoms with Crippen LogP contribution >= 0.6 is 35.0 Å². The zero-order valence-corrected chi connectivity index (χ0v) is 18.6. The number of carbonyl (C=O) groups excluding carboxylic acids is 2. The number of aliphatic carboxylic acids is 1. The minimum absolute atomic E-state index is 0.114. The lowest BCUT2D eigenvalue weighted by molar-refractivity contribution is -0.156. The molecule has 2 saturated heterocycles. The van der Waals surface area contributed by atoms with Gasteiger partial charge < -0.3 is 20.6 Å². The Morgan fingerprint density at radius 1 is 1.26 bits per heavy atom. The molecule has 1 unspecified atom stereocenters. The minimum Gasteiger partial charge on any atom is -0.477 e. The second-order valence-electron chi connectivity index (χ2n) is 7.27. The van der Waals surface area contributed by atoms with Gasteiger partial charge in [-0.05, 0) is 43.8 Å². The number of nitrogens with zero attached hydrogens (tertiary/aromatic N) is 2. The molecule has 2 fully saturated rings. The van der Waals surface area contributed by atoms with Crippen LogP contribution in [0.1, 0.15) is 29.4 Å². The Bertz CT molecular complexity index is 992. The van der Waals surface area contributed by atoms with Crippen molar-refractivity contribution >= 4 is 63.8 Å². The van der Waals surface area contributed by atoms with Crippen LogP contribution in [0.5, 0.6) is 0 Å². The van der Waals surface area contributed by atoms with Crippen molar-refractivity contribution in [3.05, 3.63) is 26.9 Å². The van der Waals surface area contributed by atoms with E-state index in [1.165, 1.54) is 35.7 Å². The van der Waals surface area contributed by atoms with Crippen molar-refractivity contribution in [1.82, 2.24) is 9.21 Å². The zero-order valence-electron chi connectivity index (χ0n) is 16.2. The van der Waals surface area contributed by atoms with Gasteiger partial charge in [-0.3, -0.25) is 14.5 Å². The number of β-lactam (4-membered cyclic amide) rings is 1. The van der Waals surface area contributed by atoms with E-state index in [0.717, 1.165) is 29.7 Å². The number of hydrogen-bond donors (Lipinski definition) is 4. The summed E-state index contributed by atoms with van der Waals surface area (Å²) in [6.45, 7) is 2.07. The summed E-state index contributed by atoms with van der Waals surface area (Å²) in [5.74, 6) is -3.66. The van der Waals surface area contributed by atoms with Gasteiger partial charge in [0.1, 0.15) is 10.3 Å². The molecular weight excluding hydrogens is 466 g/mol. The van der Waals surface area contributed by atoms with E-state index in [9.17, 15) is 29.4 Å². The number of aromatic carboxylic acids is 1. The van der Waals surface area contributed by atoms with Gasteiger partial charge in [-0.25, -0.2) is 13.9 Å². The molecule has 166 valence electrons. The second-order valence-corrected chi connectivity index (χ2v) is 10.8. The number of thiophene rings is 1. The van der Waals surface area contributed by atoms with Gasteiger partial charge in [-0.15, -0.1) is 11.3 Å². The van der Waals surface area contributed by atoms with E-state index in [-0.39, 0.29) is 16.5 Å². The Morgan fingerprint density at radius 3 is 2.61 bits per heavy atom. The van der Waals surface area contributed by atoms with Crippen LogP contribution in [-0.4, -0.2) is 72.3 Å². The summed E-state index contributed by atoms with van der Waals surface area (Å²) in [7, 11) is 0. The van der Waals surface area contributed by atoms with E-state index in [4.69, 9.17) is 5.11 Å². The first-order valence-corrected chi connectivity index (χ1v) is 11.9. The molecule has 0 bridgehead atoms. The second kappa shape index (κ2) is 8.47. The highest BCUT2D eigenvalue weighted by molar-refractivity contribution is 8.21. The normalized spacial score (nSPS) is 26.6. The van der Waals surface area contributed by atoms with Gasteiger partial charge >= 0.3 is 11.9 Å². The Kier molecular flexibility index (Phi) is 6.05. The fraction of sp³-hybridized carbons (Fsp3) is 0.444. The standard InChI is InChI=1S/C18H19N3O7S3/c1-7(22)11-14(24)21-12(17(27)28)18(30-15(11)21)31-20-6-2-3-8(20)13(23)19-10-5-4-9(29-10)16(25)26/h4-5,7-8,11,15,22H,2-3,6H2,1H3,(H,19,23)(H,25,26)(H,27,28)/t7?,8-,11-,15+/m0/s1. The van der Waals surface area contributed by atoms with Gasteiger partial charge in [0.15, 0.2) is 5.70 Å². The lowest BCUT2D eigenvalue weighted by Crippen LogP contribution is -2.60. The third-order valence-corrected chi connectivity index (χ3v) is 8.92. The number of hydrogen-bond acceptors (Lipinski definition) is 9. The van der Waals surface area contributed by atoms with Crippen molar-refractivity contribution in [2.75, 3.05) is 11.9 Å². The molecule has 31 heavy (non-hydrogen) atoms. The maximum atomic E-state index is 12.8. The third kappa shape index (κ3) is 3.96. The highest BCUT2D eigenvalue weighted by Crippen LogP contribution is 2.55. The number of carbonyl (C=O) groups is 4. The molecule has 4 N–H and O–H groups in total. The SMILES string of the molecule is CC(O)[C@H]1C(=O)N2C(C(=O)O)=C(SN3CCC[C@H]3C(=O)Nc3ccc(C(=O)O)s3)S[C@H]12. The maximum Gasteiger partial charge on any atom is 0.354 e. The third-order valence-electron chi connectivity index (χ3n) is 5.24. The van der Waals surface area contributed by atoms with Crippen LogP contribution in [0.3, 0.4) is 0 Å². The van der Waals surface area contributed by atoms with Crippen LogP contribution in [-0.2, 0) is 14.4 Å². The van der Waals surface area contributed by atoms with Gasteiger partial charge in [-0.1, -0.05) is 11.8 Å². The number of amides is 2. The highest BCUT2D eigenvalue weighted by atomic mass is 32.2. The van der Waals surface area contributed by atoms with E-state index in [1.807, 2.05) is 0 Å². The van der Waals surface area contributed by atoms with Gasteiger partial charge in [0, 0.05) is 6.54 Å². The first-order chi connectivity index (χ1) is 14.7. The van der Waals surface area contributed by atoms with Gasteiger partial charge in [-0.2, -0.15) is 0 Å². The molecular formula is C18H19N3O7S3. The lowest BCUT2D eigenvalue weighted by atomic mass is 9.92. The number of aliphatic hydroxyl groups is 1. The predicted octanol–water partition coefficient (Wildman–Crippen LogP) is 1.66. The van der Waals surface area contributed by atoms with Crippen molar-refractivity contribution < 1.29 is 34.5 Å². The van der Waals surface area contributed by atoms with Crippen LogP contribution in [0, 0.1) is 5.92 Å². The van der Waals surface area contributed by atoms with Gasteiger partial charge in [0.25, 0.3) is 0 Å². The number of anilines is 1. The number of carboxylic acids is 2. The molecule has 4 rings (SSSR count). The van der Waals surface area contributed by atoms with Crippen LogP contribution in [0.4, 0.5) is 5.00 Å². The monoisotopic (exact) mass is 485 g/mol.